The number of nitrogens with zero attached hydrogens (tertiary/aromatic N) is 3. The van der Waals surface area contributed by atoms with E-state index in [0.717, 1.165) is 5.69 Å². The number of imidazole rings is 1. The third-order valence-electron chi connectivity index (χ3n) is 1.48. The minimum atomic E-state index is 0.222. The molecule has 0 saturated carbocycles. The van der Waals surface area contributed by atoms with Crippen LogP contribution < -0.4 is 5.73 Å². The number of rotatable bonds is 2. The van der Waals surface area contributed by atoms with Crippen LogP contribution in [0.15, 0.2) is 17.5 Å². The van der Waals surface area contributed by atoms with E-state index < -0.39 is 0 Å². The van der Waals surface area contributed by atoms with E-state index in [0.29, 0.717) is 5.84 Å². The lowest BCUT2D eigenvalue weighted by atomic mass is 10.4. The van der Waals surface area contributed by atoms with Crippen molar-refractivity contribution >= 4 is 5.84 Å². The fourth-order valence-corrected chi connectivity index (χ4v) is 0.948. The molecular formula is C8H14N4. The summed E-state index contributed by atoms with van der Waals surface area (Å²) in [6.07, 6.45) is 3.42. The lowest BCUT2D eigenvalue weighted by Crippen LogP contribution is -2.18. The van der Waals surface area contributed by atoms with Crippen molar-refractivity contribution in [3.63, 3.8) is 0 Å². The van der Waals surface area contributed by atoms with Crippen LogP contribution >= 0.6 is 0 Å². The Hall–Kier alpha value is -1.32. The van der Waals surface area contributed by atoms with Crippen LogP contribution in [0.3, 0.4) is 0 Å². The van der Waals surface area contributed by atoms with Gasteiger partial charge in [0, 0.05) is 13.1 Å². The van der Waals surface area contributed by atoms with Gasteiger partial charge in [0.15, 0.2) is 0 Å². The molecule has 0 fully saturated rings. The van der Waals surface area contributed by atoms with Crippen LogP contribution in [-0.2, 0) is 7.05 Å². The molecule has 0 unspecified atom stereocenters. The van der Waals surface area contributed by atoms with Crippen molar-refractivity contribution in [3.8, 4) is 0 Å². The maximum Gasteiger partial charge on any atom is 0.144 e. The second-order valence-electron chi connectivity index (χ2n) is 3.00. The fraction of sp³-hybridized carbons (Fsp3) is 0.500. The number of aliphatic imine (C=N–C) groups is 1. The third-order valence-corrected chi connectivity index (χ3v) is 1.48. The van der Waals surface area contributed by atoms with Gasteiger partial charge in [-0.15, -0.1) is 0 Å². The molecule has 12 heavy (non-hydrogen) atoms. The first-order valence-corrected chi connectivity index (χ1v) is 3.91. The molecule has 0 amide bonds. The predicted octanol–water partition coefficient (Wildman–Crippen LogP) is 0.534. The molecule has 1 heterocycles. The van der Waals surface area contributed by atoms with Gasteiger partial charge in [0.25, 0.3) is 0 Å². The molecular weight excluding hydrogens is 152 g/mol. The van der Waals surface area contributed by atoms with Gasteiger partial charge < -0.3 is 10.3 Å². The molecule has 0 aliphatic carbocycles. The molecule has 4 nitrogen and oxygen atoms in total. The largest absolute Gasteiger partial charge is 0.382 e. The van der Waals surface area contributed by atoms with Gasteiger partial charge in [0.1, 0.15) is 11.5 Å². The molecule has 0 aliphatic heterocycles. The Kier molecular flexibility index (Phi) is 2.47. The number of aromatic nitrogens is 2. The summed E-state index contributed by atoms with van der Waals surface area (Å²) in [5, 5.41) is 0. The molecule has 0 atom stereocenters. The molecule has 66 valence electrons. The summed E-state index contributed by atoms with van der Waals surface area (Å²) >= 11 is 0. The Morgan fingerprint density at radius 1 is 1.67 bits per heavy atom. The molecule has 0 aliphatic rings. The van der Waals surface area contributed by atoms with Crippen LogP contribution in [0.1, 0.15) is 19.5 Å². The zero-order valence-electron chi connectivity index (χ0n) is 7.65. The number of hydrogen-bond donors (Lipinski definition) is 1. The zero-order chi connectivity index (χ0) is 9.14. The Morgan fingerprint density at radius 2 is 2.33 bits per heavy atom. The summed E-state index contributed by atoms with van der Waals surface area (Å²) in [5.41, 5.74) is 6.59. The summed E-state index contributed by atoms with van der Waals surface area (Å²) in [4.78, 5) is 8.17. The zero-order valence-corrected chi connectivity index (χ0v) is 7.65. The second kappa shape index (κ2) is 3.38. The first kappa shape index (κ1) is 8.77. The second-order valence-corrected chi connectivity index (χ2v) is 3.00. The number of amidine groups is 1. The van der Waals surface area contributed by atoms with Gasteiger partial charge >= 0.3 is 0 Å². The van der Waals surface area contributed by atoms with E-state index in [1.54, 1.807) is 12.5 Å². The van der Waals surface area contributed by atoms with E-state index in [9.17, 15) is 0 Å². The van der Waals surface area contributed by atoms with Crippen LogP contribution in [0.4, 0.5) is 0 Å². The highest BCUT2D eigenvalue weighted by Crippen LogP contribution is 1.97. The van der Waals surface area contributed by atoms with Crippen LogP contribution in [0, 0.1) is 0 Å². The molecule has 0 radical (unpaired) electrons. The van der Waals surface area contributed by atoms with Gasteiger partial charge in [-0.2, -0.15) is 0 Å². The minimum absolute atomic E-state index is 0.222. The highest BCUT2D eigenvalue weighted by molar-refractivity contribution is 5.95. The molecule has 1 rings (SSSR count). The predicted molar refractivity (Wildman–Crippen MR) is 49.1 cm³/mol. The van der Waals surface area contributed by atoms with Crippen molar-refractivity contribution < 1.29 is 0 Å². The molecule has 1 aromatic heterocycles. The smallest absolute Gasteiger partial charge is 0.144 e. The lowest BCUT2D eigenvalue weighted by Gasteiger charge is -2.02. The van der Waals surface area contributed by atoms with Crippen LogP contribution in [0.5, 0.6) is 0 Å². The molecule has 2 N–H and O–H groups in total. The van der Waals surface area contributed by atoms with Gasteiger partial charge in [0.05, 0.1) is 12.5 Å². The van der Waals surface area contributed by atoms with Crippen molar-refractivity contribution in [2.45, 2.75) is 19.9 Å². The molecule has 4 heteroatoms. The van der Waals surface area contributed by atoms with E-state index in [4.69, 9.17) is 5.73 Å². The molecule has 0 bridgehead atoms. The topological polar surface area (TPSA) is 56.2 Å². The summed E-state index contributed by atoms with van der Waals surface area (Å²) in [6, 6.07) is 0.222. The van der Waals surface area contributed by atoms with E-state index >= 15 is 0 Å². The van der Waals surface area contributed by atoms with Crippen molar-refractivity contribution in [3.05, 3.63) is 18.2 Å². The van der Waals surface area contributed by atoms with E-state index in [2.05, 4.69) is 9.98 Å². The highest BCUT2D eigenvalue weighted by atomic mass is 15.1. The maximum absolute atomic E-state index is 5.73. The minimum Gasteiger partial charge on any atom is -0.382 e. The lowest BCUT2D eigenvalue weighted by molar-refractivity contribution is 0.826. The van der Waals surface area contributed by atoms with Crippen LogP contribution in [0.2, 0.25) is 0 Å². The highest BCUT2D eigenvalue weighted by Gasteiger charge is 2.02. The third kappa shape index (κ3) is 1.84. The number of aryl methyl sites for hydroxylation is 1. The summed E-state index contributed by atoms with van der Waals surface area (Å²) in [6.45, 7) is 3.98. The first-order chi connectivity index (χ1) is 5.61. The van der Waals surface area contributed by atoms with E-state index in [-0.39, 0.29) is 6.04 Å². The average molecular weight is 166 g/mol. The molecule has 0 saturated heterocycles. The number of nitrogens with two attached hydrogens (primary N) is 1. The molecule has 0 aromatic carbocycles. The normalized spacial score (nSPS) is 12.5. The van der Waals surface area contributed by atoms with E-state index in [1.165, 1.54) is 0 Å². The van der Waals surface area contributed by atoms with Crippen molar-refractivity contribution in [2.24, 2.45) is 17.8 Å². The Balaban J connectivity index is 2.92. The Morgan fingerprint density at radius 3 is 2.75 bits per heavy atom. The van der Waals surface area contributed by atoms with Crippen LogP contribution in [-0.4, -0.2) is 21.4 Å². The van der Waals surface area contributed by atoms with Crippen molar-refractivity contribution in [1.82, 2.24) is 9.55 Å². The first-order valence-electron chi connectivity index (χ1n) is 3.91. The van der Waals surface area contributed by atoms with Gasteiger partial charge in [-0.3, -0.25) is 4.99 Å². The molecule has 1 aromatic rings. The molecule has 0 spiro atoms. The van der Waals surface area contributed by atoms with Crippen molar-refractivity contribution in [2.75, 3.05) is 0 Å². The Bertz CT molecular complexity index is 285. The quantitative estimate of drug-likeness (QED) is 0.514. The summed E-state index contributed by atoms with van der Waals surface area (Å²) in [5.74, 6) is 0.546. The van der Waals surface area contributed by atoms with Gasteiger partial charge in [0.2, 0.25) is 0 Å². The van der Waals surface area contributed by atoms with E-state index in [1.807, 2.05) is 25.5 Å². The van der Waals surface area contributed by atoms with Crippen LogP contribution in [0.25, 0.3) is 0 Å². The van der Waals surface area contributed by atoms with Gasteiger partial charge in [-0.1, -0.05) is 0 Å². The van der Waals surface area contributed by atoms with Gasteiger partial charge in [-0.05, 0) is 13.8 Å². The fourth-order valence-electron chi connectivity index (χ4n) is 0.948. The maximum atomic E-state index is 5.73. The van der Waals surface area contributed by atoms with Crippen molar-refractivity contribution in [1.29, 1.82) is 0 Å². The SMILES string of the molecule is CC(C)N=C(N)c1cncn1C. The summed E-state index contributed by atoms with van der Waals surface area (Å²) < 4.78 is 1.85. The Labute approximate surface area is 72.1 Å². The van der Waals surface area contributed by atoms with Gasteiger partial charge in [-0.25, -0.2) is 4.98 Å². The number of hydrogen-bond acceptors (Lipinski definition) is 2. The summed E-state index contributed by atoms with van der Waals surface area (Å²) in [7, 11) is 1.89. The monoisotopic (exact) mass is 166 g/mol. The standard InChI is InChI=1S/C8H14N4/c1-6(2)11-8(9)7-4-10-5-12(7)3/h4-6H,1-3H3,(H2,9,11). The average Bonchev–Trinajstić information content (AvgIpc) is 2.33.